The van der Waals surface area contributed by atoms with Gasteiger partial charge in [-0.05, 0) is 39.8 Å². The summed E-state index contributed by atoms with van der Waals surface area (Å²) >= 11 is 0. The molecule has 0 saturated heterocycles. The number of benzene rings is 2. The molecule has 3 rings (SSSR count). The molecule has 1 aliphatic rings. The van der Waals surface area contributed by atoms with Gasteiger partial charge < -0.3 is 5.11 Å². The van der Waals surface area contributed by atoms with Crippen molar-refractivity contribution in [2.45, 2.75) is 45.8 Å². The topological polar surface area (TPSA) is 40.5 Å². The second kappa shape index (κ2) is 5.82. The highest BCUT2D eigenvalue weighted by Crippen LogP contribution is 2.30. The van der Waals surface area contributed by atoms with E-state index in [-0.39, 0.29) is 5.41 Å². The average Bonchev–Trinajstić information content (AvgIpc) is 2.88. The summed E-state index contributed by atoms with van der Waals surface area (Å²) in [7, 11) is 0. The fraction of sp³-hybridized carbons (Fsp3) is 0.350. The van der Waals surface area contributed by atoms with Crippen LogP contribution in [0.1, 0.15) is 53.4 Å². The van der Waals surface area contributed by atoms with Crippen molar-refractivity contribution in [2.24, 2.45) is 0 Å². The van der Waals surface area contributed by atoms with Crippen LogP contribution in [0, 0.1) is 0 Å². The minimum Gasteiger partial charge on any atom is -0.478 e. The minimum absolute atomic E-state index is 0.176. The van der Waals surface area contributed by atoms with Crippen molar-refractivity contribution < 1.29 is 9.90 Å². The van der Waals surface area contributed by atoms with Gasteiger partial charge in [-0.2, -0.15) is 0 Å². The molecule has 2 aromatic carbocycles. The van der Waals surface area contributed by atoms with Gasteiger partial charge in [-0.3, -0.25) is 4.90 Å². The van der Waals surface area contributed by atoms with Gasteiger partial charge in [0, 0.05) is 19.6 Å². The number of carboxylic acids is 1. The molecule has 0 spiro atoms. The van der Waals surface area contributed by atoms with Crippen LogP contribution in [0.5, 0.6) is 0 Å². The van der Waals surface area contributed by atoms with Crippen molar-refractivity contribution in [1.82, 2.24) is 4.90 Å². The Morgan fingerprint density at radius 2 is 1.70 bits per heavy atom. The first-order chi connectivity index (χ1) is 10.8. The molecule has 0 unspecified atom stereocenters. The van der Waals surface area contributed by atoms with Crippen molar-refractivity contribution >= 4 is 5.97 Å². The van der Waals surface area contributed by atoms with Gasteiger partial charge in [0.25, 0.3) is 0 Å². The molecule has 1 aliphatic heterocycles. The number of carbonyl (C=O) groups is 1. The summed E-state index contributed by atoms with van der Waals surface area (Å²) in [4.78, 5) is 13.3. The molecule has 0 radical (unpaired) electrons. The zero-order valence-electron chi connectivity index (χ0n) is 14.0. The first kappa shape index (κ1) is 15.8. The smallest absolute Gasteiger partial charge is 0.335 e. The maximum Gasteiger partial charge on any atom is 0.335 e. The molecule has 0 aromatic heterocycles. The normalized spacial score (nSPS) is 14.7. The van der Waals surface area contributed by atoms with Crippen molar-refractivity contribution in [2.75, 3.05) is 0 Å². The van der Waals surface area contributed by atoms with Gasteiger partial charge in [-0.15, -0.1) is 0 Å². The predicted octanol–water partition coefficient (Wildman–Crippen LogP) is 4.20. The number of nitrogens with zero attached hydrogens (tertiary/aromatic N) is 1. The molecule has 0 amide bonds. The number of aromatic carboxylic acids is 1. The van der Waals surface area contributed by atoms with E-state index in [2.05, 4.69) is 43.9 Å². The third-order valence-corrected chi connectivity index (χ3v) is 4.47. The maximum absolute atomic E-state index is 10.9. The highest BCUT2D eigenvalue weighted by Gasteiger charge is 2.22. The van der Waals surface area contributed by atoms with Crippen LogP contribution in [0.25, 0.3) is 0 Å². The van der Waals surface area contributed by atoms with Crippen LogP contribution >= 0.6 is 0 Å². The monoisotopic (exact) mass is 309 g/mol. The Balaban J connectivity index is 1.71. The lowest BCUT2D eigenvalue weighted by atomic mass is 9.85. The molecule has 1 heterocycles. The summed E-state index contributed by atoms with van der Waals surface area (Å²) in [6.07, 6.45) is 0. The number of fused-ring (bicyclic) bond motifs is 1. The van der Waals surface area contributed by atoms with Gasteiger partial charge in [-0.1, -0.05) is 51.1 Å². The van der Waals surface area contributed by atoms with Crippen LogP contribution in [0.2, 0.25) is 0 Å². The molecule has 2 aromatic rings. The van der Waals surface area contributed by atoms with E-state index in [1.807, 2.05) is 12.1 Å². The first-order valence-electron chi connectivity index (χ1n) is 8.00. The Bertz CT molecular complexity index is 726. The van der Waals surface area contributed by atoms with E-state index in [0.717, 1.165) is 25.2 Å². The van der Waals surface area contributed by atoms with Gasteiger partial charge in [0.1, 0.15) is 0 Å². The molecule has 0 atom stereocenters. The quantitative estimate of drug-likeness (QED) is 0.924. The summed E-state index contributed by atoms with van der Waals surface area (Å²) < 4.78 is 0. The molecule has 0 bridgehead atoms. The first-order valence-corrected chi connectivity index (χ1v) is 8.00. The average molecular weight is 309 g/mol. The third-order valence-electron chi connectivity index (χ3n) is 4.47. The third kappa shape index (κ3) is 3.45. The Hall–Kier alpha value is -2.13. The molecule has 0 saturated carbocycles. The molecule has 3 heteroatoms. The molecule has 3 nitrogen and oxygen atoms in total. The van der Waals surface area contributed by atoms with E-state index in [1.54, 1.807) is 12.1 Å². The van der Waals surface area contributed by atoms with E-state index in [0.29, 0.717) is 5.56 Å². The highest BCUT2D eigenvalue weighted by atomic mass is 16.4. The summed E-state index contributed by atoms with van der Waals surface area (Å²) in [5, 5.41) is 8.96. The van der Waals surface area contributed by atoms with Gasteiger partial charge in [0.05, 0.1) is 5.56 Å². The van der Waals surface area contributed by atoms with E-state index >= 15 is 0 Å². The van der Waals surface area contributed by atoms with Crippen LogP contribution in [0.4, 0.5) is 0 Å². The van der Waals surface area contributed by atoms with E-state index < -0.39 is 5.97 Å². The molecule has 0 aliphatic carbocycles. The van der Waals surface area contributed by atoms with Crippen molar-refractivity contribution in [3.05, 3.63) is 70.3 Å². The van der Waals surface area contributed by atoms with Gasteiger partial charge in [0.15, 0.2) is 0 Å². The predicted molar refractivity (Wildman–Crippen MR) is 91.5 cm³/mol. The summed E-state index contributed by atoms with van der Waals surface area (Å²) in [6, 6.07) is 14.0. The fourth-order valence-corrected chi connectivity index (χ4v) is 3.05. The van der Waals surface area contributed by atoms with Crippen LogP contribution in [0.15, 0.2) is 42.5 Å². The number of hydrogen-bond acceptors (Lipinski definition) is 2. The Morgan fingerprint density at radius 3 is 2.30 bits per heavy atom. The van der Waals surface area contributed by atoms with E-state index in [9.17, 15) is 4.79 Å². The lowest BCUT2D eigenvalue weighted by Gasteiger charge is -2.19. The standard InChI is InChI=1S/C20H23NO2/c1-20(2,3)18-9-8-16-12-21(13-17(16)10-18)11-14-4-6-15(7-5-14)19(22)23/h4-10H,11-13H2,1-3H3,(H,22,23). The zero-order valence-corrected chi connectivity index (χ0v) is 14.0. The molecule has 120 valence electrons. The van der Waals surface area contributed by atoms with Crippen LogP contribution in [-0.2, 0) is 25.0 Å². The molecule has 0 fully saturated rings. The SMILES string of the molecule is CC(C)(C)c1ccc2c(c1)CN(Cc1ccc(C(=O)O)cc1)C2. The molecular weight excluding hydrogens is 286 g/mol. The van der Waals surface area contributed by atoms with E-state index in [4.69, 9.17) is 5.11 Å². The summed E-state index contributed by atoms with van der Waals surface area (Å²) in [5.41, 5.74) is 5.87. The highest BCUT2D eigenvalue weighted by molar-refractivity contribution is 5.87. The largest absolute Gasteiger partial charge is 0.478 e. The van der Waals surface area contributed by atoms with Crippen molar-refractivity contribution in [3.63, 3.8) is 0 Å². The lowest BCUT2D eigenvalue weighted by molar-refractivity contribution is 0.0697. The second-order valence-corrected chi connectivity index (χ2v) is 7.38. The van der Waals surface area contributed by atoms with E-state index in [1.165, 1.54) is 16.7 Å². The summed E-state index contributed by atoms with van der Waals surface area (Å²) in [5.74, 6) is -0.875. The van der Waals surface area contributed by atoms with Crippen LogP contribution in [-0.4, -0.2) is 16.0 Å². The molecular formula is C20H23NO2. The van der Waals surface area contributed by atoms with Crippen LogP contribution < -0.4 is 0 Å². The van der Waals surface area contributed by atoms with Crippen LogP contribution in [0.3, 0.4) is 0 Å². The fourth-order valence-electron chi connectivity index (χ4n) is 3.05. The number of hydrogen-bond donors (Lipinski definition) is 1. The van der Waals surface area contributed by atoms with Gasteiger partial charge >= 0.3 is 5.97 Å². The Labute approximate surface area is 137 Å². The van der Waals surface area contributed by atoms with Gasteiger partial charge in [-0.25, -0.2) is 4.79 Å². The number of rotatable bonds is 3. The maximum atomic E-state index is 10.9. The molecule has 1 N–H and O–H groups in total. The van der Waals surface area contributed by atoms with Crippen molar-refractivity contribution in [1.29, 1.82) is 0 Å². The summed E-state index contributed by atoms with van der Waals surface area (Å²) in [6.45, 7) is 9.49. The molecule has 23 heavy (non-hydrogen) atoms. The Morgan fingerprint density at radius 1 is 1.04 bits per heavy atom. The Kier molecular flexibility index (Phi) is 3.99. The second-order valence-electron chi connectivity index (χ2n) is 7.38. The zero-order chi connectivity index (χ0) is 16.6. The lowest BCUT2D eigenvalue weighted by Crippen LogP contribution is -2.15. The number of carboxylic acid groups (broad SMARTS) is 1. The van der Waals surface area contributed by atoms with Gasteiger partial charge in [0.2, 0.25) is 0 Å². The minimum atomic E-state index is -0.875. The van der Waals surface area contributed by atoms with Crippen molar-refractivity contribution in [3.8, 4) is 0 Å².